The number of methoxy groups -OCH3 is 2. The maximum Gasteiger partial charge on any atom is 0.310 e. The highest BCUT2D eigenvalue weighted by Gasteiger charge is 2.25. The van der Waals surface area contributed by atoms with Gasteiger partial charge in [-0.25, -0.2) is 0 Å². The number of rotatable bonds is 6. The van der Waals surface area contributed by atoms with Crippen molar-refractivity contribution in [1.82, 2.24) is 0 Å². The van der Waals surface area contributed by atoms with Gasteiger partial charge in [-0.3, -0.25) is 4.79 Å². The first-order valence-electron chi connectivity index (χ1n) is 7.66. The van der Waals surface area contributed by atoms with Crippen molar-refractivity contribution < 1.29 is 19.0 Å². The molecule has 0 aromatic heterocycles. The van der Waals surface area contributed by atoms with Crippen LogP contribution in [0.2, 0.25) is 5.02 Å². The normalized spacial score (nSPS) is 11.3. The zero-order chi connectivity index (χ0) is 18.4. The van der Waals surface area contributed by atoms with E-state index >= 15 is 0 Å². The lowest BCUT2D eigenvalue weighted by molar-refractivity contribution is -0.134. The van der Waals surface area contributed by atoms with Crippen molar-refractivity contribution in [2.45, 2.75) is 19.3 Å². The lowest BCUT2D eigenvalue weighted by Crippen LogP contribution is -2.10. The van der Waals surface area contributed by atoms with E-state index in [1.807, 2.05) is 0 Å². The Bertz CT molecular complexity index is 814. The smallest absolute Gasteiger partial charge is 0.310 e. The minimum Gasteiger partial charge on any atom is -0.493 e. The minimum absolute atomic E-state index is 0.224. The predicted molar refractivity (Wildman–Crippen MR) is 94.4 cm³/mol. The molecule has 0 aliphatic rings. The van der Waals surface area contributed by atoms with Crippen LogP contribution in [-0.4, -0.2) is 20.2 Å². The van der Waals surface area contributed by atoms with Crippen LogP contribution in [0.5, 0.6) is 17.2 Å². The summed E-state index contributed by atoms with van der Waals surface area (Å²) in [5.74, 6) is 0.118. The quantitative estimate of drug-likeness (QED) is 0.567. The topological polar surface area (TPSA) is 68.6 Å². The molecule has 0 aliphatic heterocycles. The number of ether oxygens (including phenoxy) is 3. The fourth-order valence-corrected chi connectivity index (χ4v) is 2.66. The SMILES string of the molecule is CCC(=O)Oc1ccc(Cl)cc1C(C#N)c1cccc(OC)c1OC. The molecule has 5 nitrogen and oxygen atoms in total. The van der Waals surface area contributed by atoms with E-state index in [0.29, 0.717) is 33.4 Å². The third-order valence-electron chi connectivity index (χ3n) is 3.67. The molecule has 0 saturated heterocycles. The Morgan fingerprint density at radius 2 is 1.92 bits per heavy atom. The van der Waals surface area contributed by atoms with Gasteiger partial charge in [0.15, 0.2) is 11.5 Å². The Labute approximate surface area is 151 Å². The van der Waals surface area contributed by atoms with Crippen LogP contribution in [0, 0.1) is 11.3 Å². The Balaban J connectivity index is 2.61. The summed E-state index contributed by atoms with van der Waals surface area (Å²) < 4.78 is 16.1. The standard InChI is InChI=1S/C19H18ClNO4/c1-4-18(22)25-16-9-8-12(20)10-14(16)15(11-21)13-6-5-7-17(23-2)19(13)24-3/h5-10,15H,4H2,1-3H3. The van der Waals surface area contributed by atoms with E-state index in [-0.39, 0.29) is 6.42 Å². The summed E-state index contributed by atoms with van der Waals surface area (Å²) in [7, 11) is 3.03. The molecule has 6 heteroatoms. The molecule has 0 saturated carbocycles. The Morgan fingerprint density at radius 3 is 2.52 bits per heavy atom. The highest BCUT2D eigenvalue weighted by atomic mass is 35.5. The van der Waals surface area contributed by atoms with Gasteiger partial charge in [-0.15, -0.1) is 0 Å². The van der Waals surface area contributed by atoms with Crippen LogP contribution in [-0.2, 0) is 4.79 Å². The third-order valence-corrected chi connectivity index (χ3v) is 3.90. The number of esters is 1. The van der Waals surface area contributed by atoms with E-state index in [9.17, 15) is 10.1 Å². The van der Waals surface area contributed by atoms with Crippen molar-refractivity contribution >= 4 is 17.6 Å². The Kier molecular flexibility index (Phi) is 6.26. The molecule has 0 fully saturated rings. The zero-order valence-electron chi connectivity index (χ0n) is 14.2. The molecule has 130 valence electrons. The number of carbonyl (C=O) groups is 1. The lowest BCUT2D eigenvalue weighted by atomic mass is 9.91. The van der Waals surface area contributed by atoms with Crippen molar-refractivity contribution in [2.24, 2.45) is 0 Å². The summed E-state index contributed by atoms with van der Waals surface area (Å²) in [4.78, 5) is 11.7. The van der Waals surface area contributed by atoms with Crippen LogP contribution in [0.15, 0.2) is 36.4 Å². The first kappa shape index (κ1) is 18.6. The Hall–Kier alpha value is -2.71. The average Bonchev–Trinajstić information content (AvgIpc) is 2.63. The third kappa shape index (κ3) is 4.04. The fraction of sp³-hybridized carbons (Fsp3) is 0.263. The molecular weight excluding hydrogens is 342 g/mol. The van der Waals surface area contributed by atoms with Gasteiger partial charge >= 0.3 is 5.97 Å². The van der Waals surface area contributed by atoms with Crippen molar-refractivity contribution in [1.29, 1.82) is 5.26 Å². The summed E-state index contributed by atoms with van der Waals surface area (Å²) in [6.07, 6.45) is 0.224. The van der Waals surface area contributed by atoms with E-state index in [1.165, 1.54) is 14.2 Å². The van der Waals surface area contributed by atoms with Crippen LogP contribution in [0.4, 0.5) is 0 Å². The van der Waals surface area contributed by atoms with Crippen molar-refractivity contribution in [3.63, 3.8) is 0 Å². The molecule has 1 atom stereocenters. The molecule has 0 bridgehead atoms. The zero-order valence-corrected chi connectivity index (χ0v) is 15.0. The molecule has 2 aromatic carbocycles. The maximum absolute atomic E-state index is 11.7. The van der Waals surface area contributed by atoms with E-state index in [0.717, 1.165) is 0 Å². The molecule has 0 aliphatic carbocycles. The van der Waals surface area contributed by atoms with Gasteiger partial charge in [0.05, 0.1) is 20.3 Å². The molecule has 0 N–H and O–H groups in total. The monoisotopic (exact) mass is 359 g/mol. The average molecular weight is 360 g/mol. The molecule has 0 amide bonds. The molecule has 25 heavy (non-hydrogen) atoms. The van der Waals surface area contributed by atoms with E-state index in [4.69, 9.17) is 25.8 Å². The summed E-state index contributed by atoms with van der Waals surface area (Å²) in [6, 6.07) is 12.3. The van der Waals surface area contributed by atoms with E-state index in [2.05, 4.69) is 6.07 Å². The van der Waals surface area contributed by atoms with Gasteiger partial charge in [0, 0.05) is 22.6 Å². The molecule has 2 aromatic rings. The number of nitrogens with zero attached hydrogens (tertiary/aromatic N) is 1. The first-order chi connectivity index (χ1) is 12.0. The Morgan fingerprint density at radius 1 is 1.16 bits per heavy atom. The van der Waals surface area contributed by atoms with Crippen molar-refractivity contribution in [3.8, 4) is 23.3 Å². The summed E-state index contributed by atoms with van der Waals surface area (Å²) in [5.41, 5.74) is 1.09. The van der Waals surface area contributed by atoms with Crippen LogP contribution in [0.3, 0.4) is 0 Å². The highest BCUT2D eigenvalue weighted by molar-refractivity contribution is 6.30. The lowest BCUT2D eigenvalue weighted by Gasteiger charge is -2.19. The number of para-hydroxylation sites is 1. The first-order valence-corrected chi connectivity index (χ1v) is 8.04. The molecule has 0 radical (unpaired) electrons. The summed E-state index contributed by atoms with van der Waals surface area (Å²) in [5, 5.41) is 10.2. The maximum atomic E-state index is 11.7. The van der Waals surface area contributed by atoms with Crippen molar-refractivity contribution in [3.05, 3.63) is 52.5 Å². The van der Waals surface area contributed by atoms with Crippen LogP contribution in [0.25, 0.3) is 0 Å². The second kappa shape index (κ2) is 8.41. The highest BCUT2D eigenvalue weighted by Crippen LogP contribution is 2.41. The number of carbonyl (C=O) groups excluding carboxylic acids is 1. The van der Waals surface area contributed by atoms with Crippen LogP contribution >= 0.6 is 11.6 Å². The summed E-state index contributed by atoms with van der Waals surface area (Å²) >= 11 is 6.10. The molecule has 0 heterocycles. The predicted octanol–water partition coefficient (Wildman–Crippen LogP) is 4.33. The van der Waals surface area contributed by atoms with Gasteiger partial charge in [0.1, 0.15) is 11.7 Å². The number of benzene rings is 2. The van der Waals surface area contributed by atoms with E-state index < -0.39 is 11.9 Å². The second-order valence-corrected chi connectivity index (χ2v) is 5.59. The largest absolute Gasteiger partial charge is 0.493 e. The van der Waals surface area contributed by atoms with Gasteiger partial charge in [-0.05, 0) is 24.3 Å². The summed E-state index contributed by atoms with van der Waals surface area (Å²) in [6.45, 7) is 1.70. The fourth-order valence-electron chi connectivity index (χ4n) is 2.48. The molecular formula is C19H18ClNO4. The number of nitriles is 1. The van der Waals surface area contributed by atoms with E-state index in [1.54, 1.807) is 43.3 Å². The number of halogens is 1. The number of hydrogen-bond donors (Lipinski definition) is 0. The van der Waals surface area contributed by atoms with Crippen LogP contribution in [0.1, 0.15) is 30.4 Å². The van der Waals surface area contributed by atoms with Gasteiger partial charge in [0.25, 0.3) is 0 Å². The molecule has 0 spiro atoms. The van der Waals surface area contributed by atoms with Gasteiger partial charge < -0.3 is 14.2 Å². The second-order valence-electron chi connectivity index (χ2n) is 5.15. The minimum atomic E-state index is -0.747. The van der Waals surface area contributed by atoms with Crippen LogP contribution < -0.4 is 14.2 Å². The van der Waals surface area contributed by atoms with Crippen molar-refractivity contribution in [2.75, 3.05) is 14.2 Å². The van der Waals surface area contributed by atoms with Gasteiger partial charge in [-0.2, -0.15) is 5.26 Å². The van der Waals surface area contributed by atoms with Gasteiger partial charge in [-0.1, -0.05) is 30.7 Å². The molecule has 1 unspecified atom stereocenters. The van der Waals surface area contributed by atoms with Gasteiger partial charge in [0.2, 0.25) is 0 Å². The number of hydrogen-bond acceptors (Lipinski definition) is 5. The molecule has 2 rings (SSSR count).